The summed E-state index contributed by atoms with van der Waals surface area (Å²) in [6.07, 6.45) is 2.14. The van der Waals surface area contributed by atoms with Gasteiger partial charge in [-0.1, -0.05) is 19.1 Å². The molecular formula is C14H19N3. The van der Waals surface area contributed by atoms with E-state index in [2.05, 4.69) is 48.5 Å². The van der Waals surface area contributed by atoms with Crippen molar-refractivity contribution in [1.29, 1.82) is 5.26 Å². The molecule has 3 heteroatoms. The Morgan fingerprint density at radius 1 is 1.53 bits per heavy atom. The van der Waals surface area contributed by atoms with E-state index >= 15 is 0 Å². The molecule has 0 fully saturated rings. The topological polar surface area (TPSA) is 39.1 Å². The minimum Gasteiger partial charge on any atom is -0.374 e. The molecule has 1 atom stereocenters. The highest BCUT2D eigenvalue weighted by molar-refractivity contribution is 5.59. The second-order valence-electron chi connectivity index (χ2n) is 4.58. The monoisotopic (exact) mass is 229 g/mol. The van der Waals surface area contributed by atoms with Crippen molar-refractivity contribution < 1.29 is 0 Å². The Labute approximate surface area is 103 Å². The fourth-order valence-corrected chi connectivity index (χ4v) is 2.29. The molecule has 0 aromatic heterocycles. The molecule has 2 rings (SSSR count). The highest BCUT2D eigenvalue weighted by Gasteiger charge is 2.18. The van der Waals surface area contributed by atoms with Gasteiger partial charge in [-0.15, -0.1) is 0 Å². The molecule has 1 aromatic rings. The number of fused-ring (bicyclic) bond motifs is 1. The van der Waals surface area contributed by atoms with Gasteiger partial charge >= 0.3 is 0 Å². The van der Waals surface area contributed by atoms with E-state index in [0.717, 1.165) is 31.5 Å². The molecule has 0 radical (unpaired) electrons. The summed E-state index contributed by atoms with van der Waals surface area (Å²) in [5.74, 6) is 0. The molecule has 1 unspecified atom stereocenters. The van der Waals surface area contributed by atoms with Gasteiger partial charge in [0.05, 0.1) is 6.07 Å². The van der Waals surface area contributed by atoms with Crippen LogP contribution in [0.3, 0.4) is 0 Å². The Morgan fingerprint density at radius 2 is 2.35 bits per heavy atom. The smallest absolute Gasteiger partial charge is 0.121 e. The summed E-state index contributed by atoms with van der Waals surface area (Å²) < 4.78 is 0. The molecule has 0 aliphatic carbocycles. The summed E-state index contributed by atoms with van der Waals surface area (Å²) in [5, 5.41) is 12.4. The number of rotatable bonds is 4. The van der Waals surface area contributed by atoms with Crippen molar-refractivity contribution in [3.05, 3.63) is 29.3 Å². The van der Waals surface area contributed by atoms with Gasteiger partial charge in [-0.2, -0.15) is 5.26 Å². The second kappa shape index (κ2) is 5.20. The molecule has 1 aliphatic heterocycles. The second-order valence-corrected chi connectivity index (χ2v) is 4.58. The summed E-state index contributed by atoms with van der Waals surface area (Å²) >= 11 is 0. The molecule has 0 saturated carbocycles. The van der Waals surface area contributed by atoms with Gasteiger partial charge in [-0.25, -0.2) is 0 Å². The van der Waals surface area contributed by atoms with Crippen molar-refractivity contribution >= 4 is 5.69 Å². The SMILES string of the molecule is CCCNC(C#N)c1ccc2c(c1)CCN2C. The van der Waals surface area contributed by atoms with Gasteiger partial charge in [0.1, 0.15) is 6.04 Å². The van der Waals surface area contributed by atoms with Crippen LogP contribution in [0, 0.1) is 11.3 Å². The molecule has 0 saturated heterocycles. The Bertz CT molecular complexity index is 434. The van der Waals surface area contributed by atoms with Crippen LogP contribution in [0.25, 0.3) is 0 Å². The number of hydrogen-bond acceptors (Lipinski definition) is 3. The van der Waals surface area contributed by atoms with E-state index in [4.69, 9.17) is 0 Å². The highest BCUT2D eigenvalue weighted by Crippen LogP contribution is 2.29. The Morgan fingerprint density at radius 3 is 3.06 bits per heavy atom. The van der Waals surface area contributed by atoms with Crippen molar-refractivity contribution in [3.63, 3.8) is 0 Å². The van der Waals surface area contributed by atoms with Crippen LogP contribution < -0.4 is 10.2 Å². The summed E-state index contributed by atoms with van der Waals surface area (Å²) in [7, 11) is 2.11. The zero-order chi connectivity index (χ0) is 12.3. The molecule has 3 nitrogen and oxygen atoms in total. The third-order valence-corrected chi connectivity index (χ3v) is 3.29. The predicted molar refractivity (Wildman–Crippen MR) is 70.1 cm³/mol. The molecule has 0 bridgehead atoms. The molecule has 0 amide bonds. The normalized spacial score (nSPS) is 15.5. The number of hydrogen-bond donors (Lipinski definition) is 1. The zero-order valence-electron chi connectivity index (χ0n) is 10.5. The highest BCUT2D eigenvalue weighted by atomic mass is 15.1. The Kier molecular flexibility index (Phi) is 3.65. The van der Waals surface area contributed by atoms with Crippen LogP contribution in [0.4, 0.5) is 5.69 Å². The molecule has 1 aliphatic rings. The summed E-state index contributed by atoms with van der Waals surface area (Å²) in [5.41, 5.74) is 3.76. The van der Waals surface area contributed by atoms with Crippen molar-refractivity contribution in [3.8, 4) is 6.07 Å². The van der Waals surface area contributed by atoms with Crippen LogP contribution in [0.15, 0.2) is 18.2 Å². The first-order valence-electron chi connectivity index (χ1n) is 6.23. The van der Waals surface area contributed by atoms with Gasteiger partial charge in [-0.3, -0.25) is 5.32 Å². The third kappa shape index (κ3) is 2.42. The molecular weight excluding hydrogens is 210 g/mol. The van der Waals surface area contributed by atoms with E-state index in [1.807, 2.05) is 0 Å². The quantitative estimate of drug-likeness (QED) is 0.860. The fourth-order valence-electron chi connectivity index (χ4n) is 2.29. The lowest BCUT2D eigenvalue weighted by atomic mass is 10.0. The van der Waals surface area contributed by atoms with Gasteiger partial charge in [-0.05, 0) is 36.6 Å². The number of anilines is 1. The molecule has 17 heavy (non-hydrogen) atoms. The average Bonchev–Trinajstić information content (AvgIpc) is 2.72. The first-order chi connectivity index (χ1) is 8.26. The van der Waals surface area contributed by atoms with Crippen LogP contribution in [0.1, 0.15) is 30.5 Å². The lowest BCUT2D eigenvalue weighted by molar-refractivity contribution is 0.621. The average molecular weight is 229 g/mol. The number of benzene rings is 1. The minimum atomic E-state index is -0.175. The van der Waals surface area contributed by atoms with Crippen LogP contribution in [-0.2, 0) is 6.42 Å². The first-order valence-corrected chi connectivity index (χ1v) is 6.23. The van der Waals surface area contributed by atoms with Gasteiger partial charge in [0, 0.05) is 19.3 Å². The predicted octanol–water partition coefficient (Wildman–Crippen LogP) is 2.24. The Hall–Kier alpha value is -1.53. The van der Waals surface area contributed by atoms with Crippen molar-refractivity contribution in [2.45, 2.75) is 25.8 Å². The van der Waals surface area contributed by atoms with Crippen LogP contribution in [0.2, 0.25) is 0 Å². The van der Waals surface area contributed by atoms with Gasteiger partial charge in [0.2, 0.25) is 0 Å². The Balaban J connectivity index is 2.19. The largest absolute Gasteiger partial charge is 0.374 e. The maximum absolute atomic E-state index is 9.18. The van der Waals surface area contributed by atoms with Gasteiger partial charge in [0.25, 0.3) is 0 Å². The van der Waals surface area contributed by atoms with E-state index in [9.17, 15) is 5.26 Å². The third-order valence-electron chi connectivity index (χ3n) is 3.29. The van der Waals surface area contributed by atoms with Crippen LogP contribution in [0.5, 0.6) is 0 Å². The summed E-state index contributed by atoms with van der Waals surface area (Å²) in [6.45, 7) is 4.08. The van der Waals surface area contributed by atoms with Crippen LogP contribution >= 0.6 is 0 Å². The fraction of sp³-hybridized carbons (Fsp3) is 0.500. The number of nitrogens with one attached hydrogen (secondary N) is 1. The maximum atomic E-state index is 9.18. The number of likely N-dealkylation sites (N-methyl/N-ethyl adjacent to an activating group) is 1. The number of nitrogens with zero attached hydrogens (tertiary/aromatic N) is 2. The molecule has 90 valence electrons. The van der Waals surface area contributed by atoms with Gasteiger partial charge in [0.15, 0.2) is 0 Å². The van der Waals surface area contributed by atoms with E-state index in [1.54, 1.807) is 0 Å². The molecule has 1 aromatic carbocycles. The van der Waals surface area contributed by atoms with Crippen LogP contribution in [-0.4, -0.2) is 20.1 Å². The standard InChI is InChI=1S/C14H19N3/c1-3-7-16-13(10-15)11-4-5-14-12(9-11)6-8-17(14)2/h4-5,9,13,16H,3,6-8H2,1-2H3. The van der Waals surface area contributed by atoms with E-state index in [1.165, 1.54) is 11.3 Å². The molecule has 1 heterocycles. The van der Waals surface area contributed by atoms with Crippen molar-refractivity contribution in [2.24, 2.45) is 0 Å². The summed E-state index contributed by atoms with van der Waals surface area (Å²) in [4.78, 5) is 2.26. The van der Waals surface area contributed by atoms with Crippen molar-refractivity contribution in [2.75, 3.05) is 25.0 Å². The molecule has 0 spiro atoms. The van der Waals surface area contributed by atoms with Crippen molar-refractivity contribution in [1.82, 2.24) is 5.32 Å². The van der Waals surface area contributed by atoms with Gasteiger partial charge < -0.3 is 4.90 Å². The minimum absolute atomic E-state index is 0.175. The summed E-state index contributed by atoms with van der Waals surface area (Å²) in [6, 6.07) is 8.53. The lowest BCUT2D eigenvalue weighted by Crippen LogP contribution is -2.20. The van der Waals surface area contributed by atoms with E-state index in [-0.39, 0.29) is 6.04 Å². The van der Waals surface area contributed by atoms with E-state index in [0.29, 0.717) is 0 Å². The van der Waals surface area contributed by atoms with E-state index < -0.39 is 0 Å². The maximum Gasteiger partial charge on any atom is 0.121 e. The lowest BCUT2D eigenvalue weighted by Gasteiger charge is -2.15. The molecule has 1 N–H and O–H groups in total. The first kappa shape index (κ1) is 11.9. The number of nitriles is 1. The zero-order valence-corrected chi connectivity index (χ0v) is 10.5.